The van der Waals surface area contributed by atoms with Crippen molar-refractivity contribution in [3.8, 4) is 0 Å². The number of nitrogens with one attached hydrogen (secondary N) is 1. The largest absolute Gasteiger partial charge is 0.480 e. The summed E-state index contributed by atoms with van der Waals surface area (Å²) in [7, 11) is -3.66. The van der Waals surface area contributed by atoms with Gasteiger partial charge in [-0.3, -0.25) is 4.79 Å². The maximum atomic E-state index is 12.0. The zero-order valence-electron chi connectivity index (χ0n) is 9.80. The van der Waals surface area contributed by atoms with Gasteiger partial charge >= 0.3 is 5.97 Å². The second-order valence-electron chi connectivity index (χ2n) is 4.78. The number of hydrogen-bond donors (Lipinski definition) is 2. The molecule has 6 nitrogen and oxygen atoms in total. The molecule has 3 atom stereocenters. The Balaban J connectivity index is 2.19. The summed E-state index contributed by atoms with van der Waals surface area (Å²) < 4.78 is 25.4. The summed E-state index contributed by atoms with van der Waals surface area (Å²) in [6.07, 6.45) is 0.738. The minimum absolute atomic E-state index is 0.0423. The molecule has 0 aromatic rings. The van der Waals surface area contributed by atoms with Gasteiger partial charge in [-0.15, -0.1) is 0 Å². The van der Waals surface area contributed by atoms with Crippen molar-refractivity contribution in [2.24, 2.45) is 11.8 Å². The lowest BCUT2D eigenvalue weighted by Crippen LogP contribution is -2.42. The van der Waals surface area contributed by atoms with Gasteiger partial charge in [-0.1, -0.05) is 6.92 Å². The van der Waals surface area contributed by atoms with Crippen LogP contribution in [0.1, 0.15) is 13.3 Å². The Hall–Kier alpha value is -0.660. The molecule has 7 heteroatoms. The first-order valence-electron chi connectivity index (χ1n) is 5.87. The molecule has 0 saturated carbocycles. The second kappa shape index (κ2) is 4.55. The molecule has 2 saturated heterocycles. The lowest BCUT2D eigenvalue weighted by Gasteiger charge is -2.25. The molecule has 0 aromatic carbocycles. The zero-order valence-corrected chi connectivity index (χ0v) is 10.6. The van der Waals surface area contributed by atoms with Crippen LogP contribution in [0.4, 0.5) is 0 Å². The number of carboxylic acids is 1. The molecule has 0 radical (unpaired) electrons. The van der Waals surface area contributed by atoms with Crippen LogP contribution in [0.5, 0.6) is 0 Å². The molecule has 2 N–H and O–H groups in total. The molecular weight excluding hydrogens is 244 g/mol. The summed E-state index contributed by atoms with van der Waals surface area (Å²) in [4.78, 5) is 10.6. The van der Waals surface area contributed by atoms with E-state index in [2.05, 4.69) is 5.32 Å². The number of hydrogen-bond acceptors (Lipinski definition) is 4. The zero-order chi connectivity index (χ0) is 12.6. The van der Waals surface area contributed by atoms with E-state index in [0.29, 0.717) is 18.4 Å². The average Bonchev–Trinajstić information content (AvgIpc) is 2.73. The third kappa shape index (κ3) is 2.31. The van der Waals surface area contributed by atoms with Crippen LogP contribution in [0.25, 0.3) is 0 Å². The van der Waals surface area contributed by atoms with E-state index in [1.54, 1.807) is 0 Å². The first kappa shape index (κ1) is 12.8. The van der Waals surface area contributed by atoms with Gasteiger partial charge in [0.2, 0.25) is 10.0 Å². The number of carbonyl (C=O) groups is 1. The number of rotatable bonds is 4. The highest BCUT2D eigenvalue weighted by Gasteiger charge is 2.47. The normalized spacial score (nSPS) is 33.8. The van der Waals surface area contributed by atoms with Crippen molar-refractivity contribution in [3.05, 3.63) is 0 Å². The standard InChI is InChI=1S/C10H18N2O4S/c1-2-9-8-4-11-3-7(8)5-12(9)17(15,16)6-10(13)14/h7-9,11H,2-6H2,1H3,(H,13,14). The summed E-state index contributed by atoms with van der Waals surface area (Å²) in [6.45, 7) is 4.09. The van der Waals surface area contributed by atoms with Gasteiger partial charge < -0.3 is 10.4 Å². The lowest BCUT2D eigenvalue weighted by atomic mass is 9.93. The van der Waals surface area contributed by atoms with Crippen molar-refractivity contribution in [1.82, 2.24) is 9.62 Å². The molecule has 0 aromatic heterocycles. The van der Waals surface area contributed by atoms with Gasteiger partial charge in [0, 0.05) is 12.6 Å². The van der Waals surface area contributed by atoms with Gasteiger partial charge in [0.25, 0.3) is 0 Å². The van der Waals surface area contributed by atoms with E-state index in [0.717, 1.165) is 19.5 Å². The molecule has 0 spiro atoms. The fourth-order valence-electron chi connectivity index (χ4n) is 3.05. The van der Waals surface area contributed by atoms with Crippen LogP contribution in [0.3, 0.4) is 0 Å². The summed E-state index contributed by atoms with van der Waals surface area (Å²) >= 11 is 0. The molecule has 2 aliphatic heterocycles. The van der Waals surface area contributed by atoms with Crippen LogP contribution in [0, 0.1) is 11.8 Å². The maximum Gasteiger partial charge on any atom is 0.320 e. The van der Waals surface area contributed by atoms with Gasteiger partial charge in [-0.2, -0.15) is 4.31 Å². The first-order chi connectivity index (χ1) is 7.95. The highest BCUT2D eigenvalue weighted by atomic mass is 32.2. The summed E-state index contributed by atoms with van der Waals surface area (Å²) in [5.74, 6) is -1.40. The molecule has 2 heterocycles. The molecule has 0 amide bonds. The molecule has 0 bridgehead atoms. The van der Waals surface area contributed by atoms with E-state index in [-0.39, 0.29) is 6.04 Å². The number of nitrogens with zero attached hydrogens (tertiary/aromatic N) is 1. The molecule has 98 valence electrons. The Morgan fingerprint density at radius 2 is 2.18 bits per heavy atom. The first-order valence-corrected chi connectivity index (χ1v) is 7.48. The highest BCUT2D eigenvalue weighted by molar-refractivity contribution is 7.89. The maximum absolute atomic E-state index is 12.0. The smallest absolute Gasteiger partial charge is 0.320 e. The van der Waals surface area contributed by atoms with Crippen molar-refractivity contribution in [1.29, 1.82) is 0 Å². The van der Waals surface area contributed by atoms with Gasteiger partial charge in [-0.05, 0) is 31.3 Å². The average molecular weight is 262 g/mol. The third-order valence-corrected chi connectivity index (χ3v) is 5.50. The van der Waals surface area contributed by atoms with Crippen molar-refractivity contribution in [3.63, 3.8) is 0 Å². The van der Waals surface area contributed by atoms with E-state index in [1.165, 1.54) is 4.31 Å². The van der Waals surface area contributed by atoms with E-state index in [9.17, 15) is 13.2 Å². The summed E-state index contributed by atoms with van der Waals surface area (Å²) in [5.41, 5.74) is 0. The molecule has 17 heavy (non-hydrogen) atoms. The number of carboxylic acid groups (broad SMARTS) is 1. The molecule has 0 aliphatic carbocycles. The fraction of sp³-hybridized carbons (Fsp3) is 0.900. The molecule has 3 unspecified atom stereocenters. The Morgan fingerprint density at radius 3 is 2.76 bits per heavy atom. The minimum atomic E-state index is -3.66. The van der Waals surface area contributed by atoms with Crippen LogP contribution < -0.4 is 5.32 Å². The van der Waals surface area contributed by atoms with Crippen LogP contribution >= 0.6 is 0 Å². The Labute approximate surface area is 101 Å². The van der Waals surface area contributed by atoms with Gasteiger partial charge in [0.05, 0.1) is 0 Å². The monoisotopic (exact) mass is 262 g/mol. The molecule has 2 rings (SSSR count). The van der Waals surface area contributed by atoms with Crippen LogP contribution in [0.15, 0.2) is 0 Å². The number of sulfonamides is 1. The minimum Gasteiger partial charge on any atom is -0.480 e. The third-order valence-electron chi connectivity index (χ3n) is 3.75. The number of aliphatic carboxylic acids is 1. The quantitative estimate of drug-likeness (QED) is 0.702. The number of fused-ring (bicyclic) bond motifs is 1. The predicted molar refractivity (Wildman–Crippen MR) is 62.1 cm³/mol. The van der Waals surface area contributed by atoms with Crippen molar-refractivity contribution >= 4 is 16.0 Å². The van der Waals surface area contributed by atoms with E-state index >= 15 is 0 Å². The highest BCUT2D eigenvalue weighted by Crippen LogP contribution is 2.35. The molecule has 2 fully saturated rings. The van der Waals surface area contributed by atoms with Crippen molar-refractivity contribution in [2.75, 3.05) is 25.4 Å². The van der Waals surface area contributed by atoms with Crippen molar-refractivity contribution < 1.29 is 18.3 Å². The van der Waals surface area contributed by atoms with Crippen molar-refractivity contribution in [2.45, 2.75) is 19.4 Å². The second-order valence-corrected chi connectivity index (χ2v) is 6.70. The topological polar surface area (TPSA) is 86.7 Å². The molecular formula is C10H18N2O4S. The Bertz CT molecular complexity index is 409. The predicted octanol–water partition coefficient (Wildman–Crippen LogP) is -0.669. The van der Waals surface area contributed by atoms with Gasteiger partial charge in [0.15, 0.2) is 5.75 Å². The Kier molecular flexibility index (Phi) is 3.42. The van der Waals surface area contributed by atoms with E-state index in [1.807, 2.05) is 6.92 Å². The van der Waals surface area contributed by atoms with Crippen LogP contribution in [-0.4, -0.2) is 55.2 Å². The Morgan fingerprint density at radius 1 is 1.47 bits per heavy atom. The van der Waals surface area contributed by atoms with E-state index in [4.69, 9.17) is 5.11 Å². The van der Waals surface area contributed by atoms with Gasteiger partial charge in [-0.25, -0.2) is 8.42 Å². The van der Waals surface area contributed by atoms with Crippen LogP contribution in [0.2, 0.25) is 0 Å². The molecule has 2 aliphatic rings. The lowest BCUT2D eigenvalue weighted by molar-refractivity contribution is -0.134. The van der Waals surface area contributed by atoms with Gasteiger partial charge in [0.1, 0.15) is 0 Å². The fourth-order valence-corrected chi connectivity index (χ4v) is 4.66. The SMILES string of the molecule is CCC1C2CNCC2CN1S(=O)(=O)CC(=O)O. The van der Waals surface area contributed by atoms with E-state index < -0.39 is 21.7 Å². The summed E-state index contributed by atoms with van der Waals surface area (Å²) in [5, 5.41) is 11.9. The summed E-state index contributed by atoms with van der Waals surface area (Å²) in [6, 6.07) is -0.0423. The van der Waals surface area contributed by atoms with Crippen LogP contribution in [-0.2, 0) is 14.8 Å².